The van der Waals surface area contributed by atoms with Gasteiger partial charge in [0.15, 0.2) is 0 Å². The lowest BCUT2D eigenvalue weighted by Crippen LogP contribution is -2.48. The summed E-state index contributed by atoms with van der Waals surface area (Å²) in [5.41, 5.74) is 0.869. The second kappa shape index (κ2) is 4.58. The van der Waals surface area contributed by atoms with Crippen molar-refractivity contribution in [1.82, 2.24) is 14.3 Å². The predicted molar refractivity (Wildman–Crippen MR) is 65.4 cm³/mol. The Balaban J connectivity index is 2.05. The van der Waals surface area contributed by atoms with Crippen LogP contribution in [0.4, 0.5) is 5.82 Å². The first kappa shape index (κ1) is 12.3. The number of sulfonamides is 1. The van der Waals surface area contributed by atoms with Gasteiger partial charge in [0.25, 0.3) is 0 Å². The lowest BCUT2D eigenvalue weighted by Gasteiger charge is -2.33. The highest BCUT2D eigenvalue weighted by Crippen LogP contribution is 2.13. The Kier molecular flexibility index (Phi) is 3.30. The van der Waals surface area contributed by atoms with E-state index < -0.39 is 10.0 Å². The van der Waals surface area contributed by atoms with Crippen molar-refractivity contribution in [2.45, 2.75) is 6.92 Å². The third-order valence-electron chi connectivity index (χ3n) is 2.77. The number of hydrogen-bond acceptors (Lipinski definition) is 5. The van der Waals surface area contributed by atoms with Gasteiger partial charge in [-0.3, -0.25) is 4.98 Å². The van der Waals surface area contributed by atoms with Gasteiger partial charge in [0, 0.05) is 32.4 Å². The molecule has 1 aliphatic rings. The summed E-state index contributed by atoms with van der Waals surface area (Å²) >= 11 is 0. The zero-order valence-electron chi connectivity index (χ0n) is 10.00. The average molecular weight is 256 g/mol. The highest BCUT2D eigenvalue weighted by molar-refractivity contribution is 7.88. The minimum absolute atomic E-state index is 0.508. The first-order chi connectivity index (χ1) is 7.97. The van der Waals surface area contributed by atoms with Gasteiger partial charge in [-0.15, -0.1) is 0 Å². The molecule has 6 nitrogen and oxygen atoms in total. The van der Waals surface area contributed by atoms with Crippen molar-refractivity contribution < 1.29 is 8.42 Å². The van der Waals surface area contributed by atoms with Crippen LogP contribution in [0.5, 0.6) is 0 Å². The van der Waals surface area contributed by atoms with Gasteiger partial charge >= 0.3 is 0 Å². The van der Waals surface area contributed by atoms with Gasteiger partial charge in [0.1, 0.15) is 5.82 Å². The molecule has 1 aromatic rings. The van der Waals surface area contributed by atoms with Crippen molar-refractivity contribution in [1.29, 1.82) is 0 Å². The van der Waals surface area contributed by atoms with E-state index in [2.05, 4.69) is 14.9 Å². The Morgan fingerprint density at radius 2 is 1.82 bits per heavy atom. The number of piperazine rings is 1. The molecule has 0 spiro atoms. The molecule has 0 N–H and O–H groups in total. The minimum Gasteiger partial charge on any atom is -0.353 e. The Bertz CT molecular complexity index is 495. The van der Waals surface area contributed by atoms with Crippen LogP contribution in [0, 0.1) is 6.92 Å². The summed E-state index contributed by atoms with van der Waals surface area (Å²) in [7, 11) is -3.07. The maximum Gasteiger partial charge on any atom is 0.211 e. The number of anilines is 1. The van der Waals surface area contributed by atoms with Crippen LogP contribution < -0.4 is 4.90 Å². The lowest BCUT2D eigenvalue weighted by molar-refractivity contribution is 0.386. The topological polar surface area (TPSA) is 66.4 Å². The van der Waals surface area contributed by atoms with Gasteiger partial charge in [-0.05, 0) is 6.92 Å². The Morgan fingerprint density at radius 3 is 2.35 bits per heavy atom. The summed E-state index contributed by atoms with van der Waals surface area (Å²) in [5, 5.41) is 0. The molecule has 2 heterocycles. The molecule has 1 aromatic heterocycles. The molecule has 1 aliphatic heterocycles. The highest BCUT2D eigenvalue weighted by Gasteiger charge is 2.23. The van der Waals surface area contributed by atoms with Crippen molar-refractivity contribution in [2.24, 2.45) is 0 Å². The van der Waals surface area contributed by atoms with E-state index in [9.17, 15) is 8.42 Å². The standard InChI is InChI=1S/C10H16N4O2S/c1-9-7-11-8-10(12-9)13-3-5-14(6-4-13)17(2,15)16/h7-8H,3-6H2,1-2H3. The Morgan fingerprint density at radius 1 is 1.18 bits per heavy atom. The van der Waals surface area contributed by atoms with Crippen molar-refractivity contribution >= 4 is 15.8 Å². The van der Waals surface area contributed by atoms with Crippen LogP contribution in [-0.4, -0.2) is 55.1 Å². The number of hydrogen-bond donors (Lipinski definition) is 0. The first-order valence-electron chi connectivity index (χ1n) is 5.45. The van der Waals surface area contributed by atoms with Gasteiger partial charge in [-0.25, -0.2) is 13.4 Å². The molecule has 0 unspecified atom stereocenters. The van der Waals surface area contributed by atoms with E-state index in [0.717, 1.165) is 11.5 Å². The van der Waals surface area contributed by atoms with Crippen molar-refractivity contribution in [2.75, 3.05) is 37.3 Å². The smallest absolute Gasteiger partial charge is 0.211 e. The second-order valence-electron chi connectivity index (χ2n) is 4.17. The van der Waals surface area contributed by atoms with Crippen molar-refractivity contribution in [3.05, 3.63) is 18.1 Å². The third kappa shape index (κ3) is 2.92. The molecule has 1 saturated heterocycles. The summed E-state index contributed by atoms with van der Waals surface area (Å²) in [4.78, 5) is 10.5. The van der Waals surface area contributed by atoms with E-state index in [-0.39, 0.29) is 0 Å². The van der Waals surface area contributed by atoms with Crippen LogP contribution in [0.15, 0.2) is 12.4 Å². The SMILES string of the molecule is Cc1cncc(N2CCN(S(C)(=O)=O)CC2)n1. The minimum atomic E-state index is -3.07. The summed E-state index contributed by atoms with van der Waals surface area (Å²) in [6, 6.07) is 0. The Labute approximate surface area is 101 Å². The number of rotatable bonds is 2. The van der Waals surface area contributed by atoms with Crippen LogP contribution in [-0.2, 0) is 10.0 Å². The number of aromatic nitrogens is 2. The summed E-state index contributed by atoms with van der Waals surface area (Å²) < 4.78 is 24.2. The molecule has 0 radical (unpaired) electrons. The summed E-state index contributed by atoms with van der Waals surface area (Å²) in [5.74, 6) is 0.818. The van der Waals surface area contributed by atoms with Gasteiger partial charge < -0.3 is 4.90 Å². The van der Waals surface area contributed by atoms with Crippen LogP contribution in [0.2, 0.25) is 0 Å². The summed E-state index contributed by atoms with van der Waals surface area (Å²) in [6.45, 7) is 4.22. The molecule has 2 rings (SSSR count). The summed E-state index contributed by atoms with van der Waals surface area (Å²) in [6.07, 6.45) is 4.66. The normalized spacial score (nSPS) is 18.4. The van der Waals surface area contributed by atoms with Gasteiger partial charge in [0.2, 0.25) is 10.0 Å². The van der Waals surface area contributed by atoms with Crippen LogP contribution in [0.3, 0.4) is 0 Å². The molecule has 1 fully saturated rings. The quantitative estimate of drug-likeness (QED) is 0.737. The molecule has 0 bridgehead atoms. The average Bonchev–Trinajstić information content (AvgIpc) is 2.28. The molecule has 7 heteroatoms. The number of aryl methyl sites for hydroxylation is 1. The molecule has 0 saturated carbocycles. The van der Waals surface area contributed by atoms with E-state index >= 15 is 0 Å². The molecular weight excluding hydrogens is 240 g/mol. The second-order valence-corrected chi connectivity index (χ2v) is 6.15. The maximum absolute atomic E-state index is 11.4. The van der Waals surface area contributed by atoms with E-state index in [1.165, 1.54) is 10.6 Å². The molecule has 0 aliphatic carbocycles. The third-order valence-corrected chi connectivity index (χ3v) is 4.08. The molecule has 94 valence electrons. The fraction of sp³-hybridized carbons (Fsp3) is 0.600. The first-order valence-corrected chi connectivity index (χ1v) is 7.30. The Hall–Kier alpha value is -1.21. The number of nitrogens with zero attached hydrogens (tertiary/aromatic N) is 4. The van der Waals surface area contributed by atoms with Crippen molar-refractivity contribution in [3.63, 3.8) is 0 Å². The van der Waals surface area contributed by atoms with Crippen LogP contribution in [0.25, 0.3) is 0 Å². The molecule has 0 amide bonds. The maximum atomic E-state index is 11.4. The lowest BCUT2D eigenvalue weighted by atomic mass is 10.3. The largest absolute Gasteiger partial charge is 0.353 e. The van der Waals surface area contributed by atoms with Crippen molar-refractivity contribution in [3.8, 4) is 0 Å². The molecular formula is C10H16N4O2S. The molecule has 17 heavy (non-hydrogen) atoms. The predicted octanol–water partition coefficient (Wildman–Crippen LogP) is -0.133. The fourth-order valence-electron chi connectivity index (χ4n) is 1.85. The molecule has 0 atom stereocenters. The van der Waals surface area contributed by atoms with Gasteiger partial charge in [-0.2, -0.15) is 4.31 Å². The van der Waals surface area contributed by atoms with Crippen LogP contribution >= 0.6 is 0 Å². The van der Waals surface area contributed by atoms with Gasteiger partial charge in [0.05, 0.1) is 18.1 Å². The van der Waals surface area contributed by atoms with Gasteiger partial charge in [-0.1, -0.05) is 0 Å². The monoisotopic (exact) mass is 256 g/mol. The van der Waals surface area contributed by atoms with E-state index in [1.54, 1.807) is 12.4 Å². The zero-order chi connectivity index (χ0) is 12.5. The van der Waals surface area contributed by atoms with E-state index in [4.69, 9.17) is 0 Å². The zero-order valence-corrected chi connectivity index (χ0v) is 10.8. The van der Waals surface area contributed by atoms with E-state index in [1.807, 2.05) is 6.92 Å². The molecule has 0 aromatic carbocycles. The van der Waals surface area contributed by atoms with Crippen LogP contribution in [0.1, 0.15) is 5.69 Å². The fourth-order valence-corrected chi connectivity index (χ4v) is 2.68. The van der Waals surface area contributed by atoms with E-state index in [0.29, 0.717) is 26.2 Å². The highest BCUT2D eigenvalue weighted by atomic mass is 32.2.